The molecule has 4 aromatic rings. The van der Waals surface area contributed by atoms with Crippen molar-refractivity contribution in [3.05, 3.63) is 80.5 Å². The molecular formula is C22H20N4O3S2. The number of carbonyl (C=O) groups is 1. The molecule has 2 aromatic heterocycles. The van der Waals surface area contributed by atoms with Crippen LogP contribution in [-0.4, -0.2) is 26.3 Å². The highest BCUT2D eigenvalue weighted by Gasteiger charge is 2.20. The topological polar surface area (TPSA) is 86.0 Å². The molecule has 2 heterocycles. The fraction of sp³-hybridized carbons (Fsp3) is 0.182. The minimum absolute atomic E-state index is 0.230. The lowest BCUT2D eigenvalue weighted by atomic mass is 10.1. The molecule has 0 fully saturated rings. The minimum atomic E-state index is -0.599. The van der Waals surface area contributed by atoms with Gasteiger partial charge in [0.1, 0.15) is 11.2 Å². The molecule has 0 saturated carbocycles. The van der Waals surface area contributed by atoms with Crippen molar-refractivity contribution >= 4 is 45.0 Å². The molecule has 0 unspecified atom stereocenters. The highest BCUT2D eigenvalue weighted by molar-refractivity contribution is 8.00. The number of para-hydroxylation sites is 2. The van der Waals surface area contributed by atoms with Crippen LogP contribution in [0.5, 0.6) is 0 Å². The van der Waals surface area contributed by atoms with Gasteiger partial charge in [-0.05, 0) is 43.4 Å². The third-order valence-electron chi connectivity index (χ3n) is 4.90. The zero-order valence-electron chi connectivity index (χ0n) is 17.2. The Morgan fingerprint density at radius 2 is 1.74 bits per heavy atom. The van der Waals surface area contributed by atoms with E-state index in [4.69, 9.17) is 0 Å². The minimum Gasteiger partial charge on any atom is -0.324 e. The quantitative estimate of drug-likeness (QED) is 0.468. The summed E-state index contributed by atoms with van der Waals surface area (Å²) >= 11 is 2.61. The standard InChI is InChI=1S/C22H20N4O3S2/c1-13-8-7-9-14(2)17(13)23-16(27)12-25-19-18(31-21(24-19)30-3)20(28)26(22(25)29)15-10-5-4-6-11-15/h4-11H,12H2,1-3H3,(H,23,27). The van der Waals surface area contributed by atoms with Crippen molar-refractivity contribution in [3.8, 4) is 5.69 Å². The molecule has 0 saturated heterocycles. The molecule has 0 aliphatic rings. The molecule has 0 atom stereocenters. The molecule has 9 heteroatoms. The number of aryl methyl sites for hydroxylation is 2. The van der Waals surface area contributed by atoms with E-state index in [0.29, 0.717) is 14.7 Å². The van der Waals surface area contributed by atoms with Crippen molar-refractivity contribution in [2.45, 2.75) is 24.7 Å². The number of thiazole rings is 1. The first kappa shape index (κ1) is 21.1. The van der Waals surface area contributed by atoms with Gasteiger partial charge in [0.2, 0.25) is 5.91 Å². The van der Waals surface area contributed by atoms with E-state index in [1.54, 1.807) is 24.3 Å². The van der Waals surface area contributed by atoms with Gasteiger partial charge in [0.05, 0.1) is 5.69 Å². The molecule has 0 spiro atoms. The summed E-state index contributed by atoms with van der Waals surface area (Å²) in [6, 6.07) is 14.4. The van der Waals surface area contributed by atoms with E-state index in [0.717, 1.165) is 21.4 Å². The van der Waals surface area contributed by atoms with E-state index in [-0.39, 0.29) is 18.1 Å². The predicted molar refractivity (Wildman–Crippen MR) is 126 cm³/mol. The van der Waals surface area contributed by atoms with Gasteiger partial charge in [-0.25, -0.2) is 14.3 Å². The Bertz CT molecular complexity index is 1380. The zero-order valence-corrected chi connectivity index (χ0v) is 18.8. The van der Waals surface area contributed by atoms with E-state index in [9.17, 15) is 14.4 Å². The molecule has 1 amide bonds. The highest BCUT2D eigenvalue weighted by Crippen LogP contribution is 2.25. The van der Waals surface area contributed by atoms with Crippen molar-refractivity contribution in [2.24, 2.45) is 0 Å². The van der Waals surface area contributed by atoms with Crippen LogP contribution in [0.25, 0.3) is 16.0 Å². The van der Waals surface area contributed by atoms with Crippen molar-refractivity contribution in [2.75, 3.05) is 11.6 Å². The second-order valence-corrected chi connectivity index (χ2v) is 9.05. The van der Waals surface area contributed by atoms with E-state index in [1.807, 2.05) is 44.4 Å². The Balaban J connectivity index is 1.85. The lowest BCUT2D eigenvalue weighted by Crippen LogP contribution is -2.40. The summed E-state index contributed by atoms with van der Waals surface area (Å²) < 4.78 is 3.36. The van der Waals surface area contributed by atoms with Crippen LogP contribution in [0.15, 0.2) is 62.5 Å². The number of amides is 1. The van der Waals surface area contributed by atoms with E-state index >= 15 is 0 Å². The smallest absolute Gasteiger partial charge is 0.324 e. The van der Waals surface area contributed by atoms with Gasteiger partial charge in [0.25, 0.3) is 5.56 Å². The number of thioether (sulfide) groups is 1. The monoisotopic (exact) mass is 452 g/mol. The van der Waals surface area contributed by atoms with Gasteiger partial charge in [-0.15, -0.1) is 11.3 Å². The molecule has 7 nitrogen and oxygen atoms in total. The number of aromatic nitrogens is 3. The summed E-state index contributed by atoms with van der Waals surface area (Å²) in [5, 5.41) is 2.90. The summed E-state index contributed by atoms with van der Waals surface area (Å²) in [6.07, 6.45) is 1.85. The molecule has 2 aromatic carbocycles. The van der Waals surface area contributed by atoms with Crippen molar-refractivity contribution in [1.29, 1.82) is 0 Å². The summed E-state index contributed by atoms with van der Waals surface area (Å²) in [4.78, 5) is 43.8. The first-order valence-electron chi connectivity index (χ1n) is 9.52. The molecule has 4 rings (SSSR count). The SMILES string of the molecule is CSc1nc2c(s1)c(=O)n(-c1ccccc1)c(=O)n2CC(=O)Nc1c(C)cccc1C. The molecule has 0 aliphatic heterocycles. The number of nitrogens with zero attached hydrogens (tertiary/aromatic N) is 3. The third kappa shape index (κ3) is 3.94. The third-order valence-corrected chi connectivity index (χ3v) is 6.92. The Hall–Kier alpha value is -3.17. The van der Waals surface area contributed by atoms with Crippen LogP contribution in [0.1, 0.15) is 11.1 Å². The van der Waals surface area contributed by atoms with Crippen molar-refractivity contribution < 1.29 is 4.79 Å². The van der Waals surface area contributed by atoms with Crippen LogP contribution in [0, 0.1) is 13.8 Å². The normalized spacial score (nSPS) is 11.1. The van der Waals surface area contributed by atoms with Crippen molar-refractivity contribution in [1.82, 2.24) is 14.1 Å². The molecule has 0 bridgehead atoms. The van der Waals surface area contributed by atoms with Crippen LogP contribution in [0.2, 0.25) is 0 Å². The van der Waals surface area contributed by atoms with E-state index < -0.39 is 11.2 Å². The summed E-state index contributed by atoms with van der Waals surface area (Å²) in [6.45, 7) is 3.56. The van der Waals surface area contributed by atoms with E-state index in [2.05, 4.69) is 10.3 Å². The number of carbonyl (C=O) groups excluding carboxylic acids is 1. The summed E-state index contributed by atoms with van der Waals surface area (Å²) in [7, 11) is 0. The van der Waals surface area contributed by atoms with Gasteiger partial charge in [-0.1, -0.05) is 48.2 Å². The maximum Gasteiger partial charge on any atom is 0.337 e. The van der Waals surface area contributed by atoms with Gasteiger partial charge in [0.15, 0.2) is 9.99 Å². The lowest BCUT2D eigenvalue weighted by molar-refractivity contribution is -0.116. The fourth-order valence-electron chi connectivity index (χ4n) is 3.38. The Morgan fingerprint density at radius 3 is 2.39 bits per heavy atom. The Kier molecular flexibility index (Phi) is 5.79. The molecule has 1 N–H and O–H groups in total. The van der Waals surface area contributed by atoms with Crippen molar-refractivity contribution in [3.63, 3.8) is 0 Å². The average Bonchev–Trinajstić information content (AvgIpc) is 3.20. The first-order valence-corrected chi connectivity index (χ1v) is 11.6. The number of hydrogen-bond donors (Lipinski definition) is 1. The maximum absolute atomic E-state index is 13.3. The van der Waals surface area contributed by atoms with Gasteiger partial charge in [-0.3, -0.25) is 14.2 Å². The van der Waals surface area contributed by atoms with Gasteiger partial charge in [-0.2, -0.15) is 0 Å². The second-order valence-electron chi connectivity index (χ2n) is 7.00. The summed E-state index contributed by atoms with van der Waals surface area (Å²) in [5.74, 6) is -0.363. The lowest BCUT2D eigenvalue weighted by Gasteiger charge is -2.14. The highest BCUT2D eigenvalue weighted by atomic mass is 32.2. The average molecular weight is 453 g/mol. The van der Waals surface area contributed by atoms with Crippen LogP contribution in [-0.2, 0) is 11.3 Å². The van der Waals surface area contributed by atoms with E-state index in [1.165, 1.54) is 27.7 Å². The van der Waals surface area contributed by atoms with Crippen LogP contribution in [0.4, 0.5) is 5.69 Å². The van der Waals surface area contributed by atoms with Gasteiger partial charge in [0, 0.05) is 5.69 Å². The number of anilines is 1. The van der Waals surface area contributed by atoms with Gasteiger partial charge < -0.3 is 5.32 Å². The zero-order chi connectivity index (χ0) is 22.1. The number of benzene rings is 2. The molecule has 0 aliphatic carbocycles. The van der Waals surface area contributed by atoms with Crippen LogP contribution in [0.3, 0.4) is 0 Å². The first-order chi connectivity index (χ1) is 14.9. The molecule has 31 heavy (non-hydrogen) atoms. The second kappa shape index (κ2) is 8.52. The maximum atomic E-state index is 13.3. The van der Waals surface area contributed by atoms with Crippen LogP contribution >= 0.6 is 23.1 Å². The summed E-state index contributed by atoms with van der Waals surface area (Å²) in [5.41, 5.74) is 2.22. The molecule has 0 radical (unpaired) electrons. The van der Waals surface area contributed by atoms with Crippen LogP contribution < -0.4 is 16.6 Å². The van der Waals surface area contributed by atoms with Gasteiger partial charge >= 0.3 is 5.69 Å². The number of hydrogen-bond acceptors (Lipinski definition) is 6. The fourth-order valence-corrected chi connectivity index (χ4v) is 4.88. The number of fused-ring (bicyclic) bond motifs is 1. The Morgan fingerprint density at radius 1 is 1.06 bits per heavy atom. The number of rotatable bonds is 5. The Labute approximate surface area is 186 Å². The molecule has 158 valence electrons. The largest absolute Gasteiger partial charge is 0.337 e. The number of nitrogens with one attached hydrogen (secondary N) is 1. The predicted octanol–water partition coefficient (Wildman–Crippen LogP) is 3.59. The molecular weight excluding hydrogens is 432 g/mol.